The number of ether oxygens (including phenoxy) is 1. The lowest BCUT2D eigenvalue weighted by Crippen LogP contribution is -2.55. The van der Waals surface area contributed by atoms with Crippen LogP contribution < -0.4 is 10.1 Å². The molecule has 1 aliphatic heterocycles. The number of aromatic nitrogens is 3. The minimum atomic E-state index is -3.36. The molecule has 1 saturated carbocycles. The molecular weight excluding hydrogens is 510 g/mol. The van der Waals surface area contributed by atoms with Gasteiger partial charge in [-0.2, -0.15) is 10.4 Å². The summed E-state index contributed by atoms with van der Waals surface area (Å²) in [6, 6.07) is 10.0. The van der Waals surface area contributed by atoms with E-state index in [2.05, 4.69) is 15.4 Å². The summed E-state index contributed by atoms with van der Waals surface area (Å²) in [7, 11) is 1.83. The summed E-state index contributed by atoms with van der Waals surface area (Å²) in [4.78, 5) is 29.5. The Morgan fingerprint density at radius 3 is 2.77 bits per heavy atom. The first-order valence-electron chi connectivity index (χ1n) is 12.4. The monoisotopic (exact) mass is 536 g/mol. The molecule has 3 aromatic rings. The van der Waals surface area contributed by atoms with E-state index in [0.717, 1.165) is 16.9 Å². The lowest BCUT2D eigenvalue weighted by atomic mass is 10.0. The zero-order valence-electron chi connectivity index (χ0n) is 21.1. The highest BCUT2D eigenvalue weighted by Gasteiger charge is 2.48. The first kappa shape index (κ1) is 26.2. The number of nitrogens with one attached hydrogen (secondary N) is 1. The number of rotatable bonds is 7. The molecule has 1 saturated heterocycles. The second-order valence-corrected chi connectivity index (χ2v) is 9.77. The number of piperidine rings is 1. The molecule has 0 radical (unpaired) electrons. The Morgan fingerprint density at radius 2 is 2.08 bits per heavy atom. The Hall–Kier alpha value is -4.37. The molecule has 2 amide bonds. The maximum absolute atomic E-state index is 14.7. The lowest BCUT2D eigenvalue weighted by Gasteiger charge is -2.38. The number of nitriles is 1. The number of nitrogens with zero attached hydrogens (tertiary/aromatic N) is 5. The second kappa shape index (κ2) is 10.4. The summed E-state index contributed by atoms with van der Waals surface area (Å²) in [6.07, 6.45) is 4.26. The van der Waals surface area contributed by atoms with E-state index in [0.29, 0.717) is 16.9 Å². The molecule has 2 aliphatic rings. The Bertz CT molecular complexity index is 1450. The Balaban J connectivity index is 1.27. The van der Waals surface area contributed by atoms with E-state index >= 15 is 0 Å². The predicted octanol–water partition coefficient (Wildman–Crippen LogP) is 2.70. The molecule has 2 fully saturated rings. The number of likely N-dealkylation sites (tertiary alicyclic amines) is 1. The van der Waals surface area contributed by atoms with Gasteiger partial charge in [0.1, 0.15) is 24.2 Å². The molecule has 0 spiro atoms. The van der Waals surface area contributed by atoms with E-state index in [4.69, 9.17) is 9.84 Å². The highest BCUT2D eigenvalue weighted by molar-refractivity contribution is 5.95. The normalized spacial score (nSPS) is 21.6. The van der Waals surface area contributed by atoms with Crippen LogP contribution in [0.5, 0.6) is 5.75 Å². The highest BCUT2D eigenvalue weighted by Crippen LogP contribution is 2.47. The van der Waals surface area contributed by atoms with Gasteiger partial charge < -0.3 is 20.1 Å². The number of halogens is 2. The molecule has 12 heteroatoms. The first-order valence-corrected chi connectivity index (χ1v) is 12.4. The van der Waals surface area contributed by atoms with E-state index in [-0.39, 0.29) is 42.0 Å². The van der Waals surface area contributed by atoms with Crippen LogP contribution in [0.3, 0.4) is 0 Å². The minimum Gasteiger partial charge on any atom is -0.483 e. The van der Waals surface area contributed by atoms with Crippen molar-refractivity contribution in [1.29, 1.82) is 5.26 Å². The number of pyridine rings is 1. The maximum atomic E-state index is 14.7. The van der Waals surface area contributed by atoms with Crippen molar-refractivity contribution in [3.63, 3.8) is 0 Å². The van der Waals surface area contributed by atoms with Crippen LogP contribution in [0, 0.1) is 17.2 Å². The second-order valence-electron chi connectivity index (χ2n) is 9.77. The molecule has 5 rings (SSSR count). The van der Waals surface area contributed by atoms with E-state index in [1.165, 1.54) is 18.3 Å². The fraction of sp³-hybridized carbons (Fsp3) is 0.370. The number of alkyl halides is 2. The van der Waals surface area contributed by atoms with Crippen molar-refractivity contribution in [2.45, 2.75) is 30.8 Å². The van der Waals surface area contributed by atoms with Gasteiger partial charge in [-0.25, -0.2) is 13.8 Å². The number of aliphatic hydroxyl groups excluding tert-OH is 1. The number of carbonyl (C=O) groups excluding carboxylic acids is 2. The van der Waals surface area contributed by atoms with Crippen molar-refractivity contribution in [3.05, 3.63) is 60.0 Å². The van der Waals surface area contributed by atoms with Crippen molar-refractivity contribution in [1.82, 2.24) is 19.7 Å². The van der Waals surface area contributed by atoms with Crippen molar-refractivity contribution in [2.75, 3.05) is 25.0 Å². The third-order valence-electron chi connectivity index (χ3n) is 7.02. The Morgan fingerprint density at radius 1 is 1.28 bits per heavy atom. The molecule has 202 valence electrons. The summed E-state index contributed by atoms with van der Waals surface area (Å²) in [6.45, 7) is -1.70. The van der Waals surface area contributed by atoms with Gasteiger partial charge in [-0.1, -0.05) is 6.07 Å². The highest BCUT2D eigenvalue weighted by atomic mass is 19.3. The Kier molecular flexibility index (Phi) is 7.01. The van der Waals surface area contributed by atoms with Crippen molar-refractivity contribution >= 4 is 17.6 Å². The standard InChI is InChI=1S/C27H26F2N6O4/c1-34-13-19(12-32-34)20-10-21(20)26(38)33-24-9-17(4-6-31-24)16-2-3-22(18(8-16)11-30)39-23-5-7-35(25(37)14-36)15-27(23,28)29/h2-4,6,8-9,12-13,20-21,23,36H,5,7,10,14-15H2,1H3,(H,31,33,38)/t20?,21-,23+/m1/s1. The first-order chi connectivity index (χ1) is 18.7. The number of carbonyl (C=O) groups is 2. The predicted molar refractivity (Wildman–Crippen MR) is 135 cm³/mol. The van der Waals surface area contributed by atoms with Crippen LogP contribution in [-0.2, 0) is 16.6 Å². The van der Waals surface area contributed by atoms with Gasteiger partial charge in [-0.3, -0.25) is 14.3 Å². The van der Waals surface area contributed by atoms with Crippen molar-refractivity contribution < 1.29 is 28.2 Å². The molecule has 10 nitrogen and oxygen atoms in total. The molecule has 3 heterocycles. The molecule has 2 N–H and O–H groups in total. The molecule has 1 unspecified atom stereocenters. The third-order valence-corrected chi connectivity index (χ3v) is 7.02. The molecule has 1 aliphatic carbocycles. The zero-order chi connectivity index (χ0) is 27.7. The molecule has 3 atom stereocenters. The van der Waals surface area contributed by atoms with Gasteiger partial charge in [0, 0.05) is 38.3 Å². The average Bonchev–Trinajstić information content (AvgIpc) is 3.62. The van der Waals surface area contributed by atoms with Gasteiger partial charge in [-0.05, 0) is 53.3 Å². The van der Waals surface area contributed by atoms with Crippen LogP contribution in [0.4, 0.5) is 14.6 Å². The van der Waals surface area contributed by atoms with Gasteiger partial charge >= 0.3 is 5.92 Å². The van der Waals surface area contributed by atoms with Gasteiger partial charge in [0.05, 0.1) is 18.3 Å². The fourth-order valence-electron chi connectivity index (χ4n) is 4.81. The van der Waals surface area contributed by atoms with Crippen LogP contribution in [0.15, 0.2) is 48.9 Å². The lowest BCUT2D eigenvalue weighted by molar-refractivity contribution is -0.161. The van der Waals surface area contributed by atoms with Gasteiger partial charge in [0.25, 0.3) is 0 Å². The molecule has 1 aromatic carbocycles. The SMILES string of the molecule is Cn1cc(C2C[C@H]2C(=O)Nc2cc(-c3ccc(O[C@H]4CCN(C(=O)CO)CC4(F)F)c(C#N)c3)ccn2)cn1. The van der Waals surface area contributed by atoms with Gasteiger partial charge in [0.15, 0.2) is 6.10 Å². The number of anilines is 1. The number of aryl methyl sites for hydroxylation is 1. The largest absolute Gasteiger partial charge is 0.483 e. The zero-order valence-corrected chi connectivity index (χ0v) is 21.1. The third kappa shape index (κ3) is 5.58. The van der Waals surface area contributed by atoms with E-state index in [1.54, 1.807) is 29.1 Å². The van der Waals surface area contributed by atoms with Gasteiger partial charge in [-0.15, -0.1) is 0 Å². The summed E-state index contributed by atoms with van der Waals surface area (Å²) in [5.74, 6) is -3.93. The smallest absolute Gasteiger partial charge is 0.301 e. The topological polar surface area (TPSA) is 133 Å². The molecule has 2 aromatic heterocycles. The van der Waals surface area contributed by atoms with Crippen LogP contribution in [-0.4, -0.2) is 68.3 Å². The van der Waals surface area contributed by atoms with Crippen LogP contribution >= 0.6 is 0 Å². The number of hydrogen-bond donors (Lipinski definition) is 2. The van der Waals surface area contributed by atoms with Crippen LogP contribution in [0.1, 0.15) is 29.9 Å². The fourth-order valence-corrected chi connectivity index (χ4v) is 4.81. The van der Waals surface area contributed by atoms with Gasteiger partial charge in [0.2, 0.25) is 11.8 Å². The molecule has 39 heavy (non-hydrogen) atoms. The number of aliphatic hydroxyl groups is 1. The number of benzene rings is 1. The summed E-state index contributed by atoms with van der Waals surface area (Å²) in [5, 5.41) is 25.6. The number of hydrogen-bond acceptors (Lipinski definition) is 7. The van der Waals surface area contributed by atoms with Crippen LogP contribution in [0.25, 0.3) is 11.1 Å². The minimum absolute atomic E-state index is 0.00520. The van der Waals surface area contributed by atoms with E-state index < -0.39 is 31.1 Å². The van der Waals surface area contributed by atoms with E-state index in [1.807, 2.05) is 19.3 Å². The summed E-state index contributed by atoms with van der Waals surface area (Å²) in [5.41, 5.74) is 2.38. The summed E-state index contributed by atoms with van der Waals surface area (Å²) < 4.78 is 36.6. The summed E-state index contributed by atoms with van der Waals surface area (Å²) >= 11 is 0. The maximum Gasteiger partial charge on any atom is 0.301 e. The quantitative estimate of drug-likeness (QED) is 0.474. The number of amides is 2. The molecular formula is C27H26F2N6O4. The van der Waals surface area contributed by atoms with E-state index in [9.17, 15) is 23.6 Å². The Labute approximate surface area is 222 Å². The average molecular weight is 537 g/mol. The van der Waals surface area contributed by atoms with Crippen molar-refractivity contribution in [2.24, 2.45) is 13.0 Å². The van der Waals surface area contributed by atoms with Crippen molar-refractivity contribution in [3.8, 4) is 22.9 Å². The molecule has 0 bridgehead atoms. The van der Waals surface area contributed by atoms with Crippen LogP contribution in [0.2, 0.25) is 0 Å².